The second-order valence-corrected chi connectivity index (χ2v) is 12.0. The van der Waals surface area contributed by atoms with Crippen molar-refractivity contribution < 1.29 is 27.5 Å². The fourth-order valence-electron chi connectivity index (χ4n) is 5.39. The van der Waals surface area contributed by atoms with Crippen molar-refractivity contribution in [1.29, 1.82) is 0 Å². The molecular weight excluding hydrogens is 494 g/mol. The van der Waals surface area contributed by atoms with Crippen LogP contribution in [0.4, 0.5) is 0 Å². The van der Waals surface area contributed by atoms with E-state index in [0.717, 1.165) is 38.5 Å². The number of nitrogens with two attached hydrogens (primary N) is 1. The lowest BCUT2D eigenvalue weighted by Crippen LogP contribution is -2.41. The number of hydrogen-bond acceptors (Lipinski definition) is 6. The molecule has 2 aromatic rings. The minimum absolute atomic E-state index is 0.0745. The van der Waals surface area contributed by atoms with Gasteiger partial charge in [-0.15, -0.1) is 0 Å². The van der Waals surface area contributed by atoms with Crippen molar-refractivity contribution in [1.82, 2.24) is 8.87 Å². The molecule has 202 valence electrons. The third kappa shape index (κ3) is 6.25. The number of hydrogen-bond donors (Lipinski definition) is 1. The van der Waals surface area contributed by atoms with Crippen LogP contribution < -0.4 is 10.5 Å². The third-order valence-corrected chi connectivity index (χ3v) is 9.36. The molecule has 4 rings (SSSR count). The molecule has 1 amide bonds. The Kier molecular flexibility index (Phi) is 8.71. The number of aromatic nitrogens is 1. The van der Waals surface area contributed by atoms with Gasteiger partial charge in [-0.25, -0.2) is 8.42 Å². The molecule has 2 N–H and O–H groups in total. The van der Waals surface area contributed by atoms with Crippen molar-refractivity contribution in [3.8, 4) is 5.75 Å². The fourth-order valence-corrected chi connectivity index (χ4v) is 6.82. The van der Waals surface area contributed by atoms with Crippen LogP contribution in [0.5, 0.6) is 5.75 Å². The summed E-state index contributed by atoms with van der Waals surface area (Å²) in [6.45, 7) is 2.68. The number of rotatable bonds is 11. The average Bonchev–Trinajstić information content (AvgIpc) is 3.52. The maximum absolute atomic E-state index is 13.7. The van der Waals surface area contributed by atoms with Crippen molar-refractivity contribution in [2.75, 3.05) is 26.8 Å². The largest absolute Gasteiger partial charge is 0.497 e. The van der Waals surface area contributed by atoms with E-state index in [-0.39, 0.29) is 29.9 Å². The molecule has 1 saturated carbocycles. The highest BCUT2D eigenvalue weighted by atomic mass is 32.2. The van der Waals surface area contributed by atoms with Crippen LogP contribution in [-0.4, -0.2) is 61.9 Å². The maximum Gasteiger partial charge on any atom is 0.250 e. The van der Waals surface area contributed by atoms with Crippen LogP contribution in [0.1, 0.15) is 71.5 Å². The molecule has 1 aromatic heterocycles. The molecule has 1 saturated heterocycles. The summed E-state index contributed by atoms with van der Waals surface area (Å²) in [5.41, 5.74) is 6.87. The van der Waals surface area contributed by atoms with Gasteiger partial charge in [0.15, 0.2) is 5.78 Å². The van der Waals surface area contributed by atoms with Crippen LogP contribution in [-0.2, 0) is 21.3 Å². The van der Waals surface area contributed by atoms with Gasteiger partial charge in [0.25, 0.3) is 5.91 Å². The Morgan fingerprint density at radius 1 is 1.11 bits per heavy atom. The normalized spacial score (nSPS) is 18.8. The molecule has 0 spiro atoms. The Bertz CT molecular complexity index is 1210. The monoisotopic (exact) mass is 531 g/mol. The summed E-state index contributed by atoms with van der Waals surface area (Å²) in [5.74, 6) is -0.0358. The summed E-state index contributed by atoms with van der Waals surface area (Å²) in [5, 5.41) is 0. The van der Waals surface area contributed by atoms with Crippen molar-refractivity contribution >= 4 is 21.7 Å². The first-order chi connectivity index (χ1) is 17.7. The number of Topliss-reactive ketones (excluding diaryl/α,β-unsaturated/α-hetero) is 1. The van der Waals surface area contributed by atoms with Crippen LogP contribution in [0.2, 0.25) is 0 Å². The highest BCUT2D eigenvalue weighted by molar-refractivity contribution is 7.89. The van der Waals surface area contributed by atoms with Gasteiger partial charge in [-0.2, -0.15) is 4.31 Å². The Hall–Kier alpha value is -2.69. The second-order valence-electron chi connectivity index (χ2n) is 10.0. The maximum atomic E-state index is 13.7. The molecule has 1 aromatic carbocycles. The van der Waals surface area contributed by atoms with E-state index < -0.39 is 15.9 Å². The summed E-state index contributed by atoms with van der Waals surface area (Å²) < 4.78 is 41.3. The van der Waals surface area contributed by atoms with Gasteiger partial charge in [0.1, 0.15) is 5.75 Å². The van der Waals surface area contributed by atoms with E-state index >= 15 is 0 Å². The average molecular weight is 532 g/mol. The molecule has 1 atom stereocenters. The molecule has 9 nitrogen and oxygen atoms in total. The van der Waals surface area contributed by atoms with E-state index in [4.69, 9.17) is 15.2 Å². The molecule has 1 unspecified atom stereocenters. The SMILES string of the molecule is COc1ccc(S(=O)(=O)N(CC(=O)c2cc(C(N)=O)c(C)n2CC2CCCCC2)CC2CCCO2)cc1. The zero-order valence-electron chi connectivity index (χ0n) is 21.6. The van der Waals surface area contributed by atoms with Crippen molar-refractivity contribution in [3.63, 3.8) is 0 Å². The van der Waals surface area contributed by atoms with Crippen LogP contribution in [0.3, 0.4) is 0 Å². The summed E-state index contributed by atoms with van der Waals surface area (Å²) in [6.07, 6.45) is 6.92. The van der Waals surface area contributed by atoms with Gasteiger partial charge in [-0.05, 0) is 68.9 Å². The van der Waals surface area contributed by atoms with E-state index in [1.807, 2.05) is 4.57 Å². The summed E-state index contributed by atoms with van der Waals surface area (Å²) >= 11 is 0. The predicted molar refractivity (Wildman–Crippen MR) is 139 cm³/mol. The van der Waals surface area contributed by atoms with Crippen molar-refractivity contribution in [2.24, 2.45) is 11.7 Å². The minimum atomic E-state index is -4.00. The molecule has 2 heterocycles. The summed E-state index contributed by atoms with van der Waals surface area (Å²) in [7, 11) is -2.49. The standard InChI is InChI=1S/C27H37N3O6S/c1-19-24(27(28)32)15-25(30(19)16-20-7-4-3-5-8-20)26(31)18-29(17-22-9-6-14-36-22)37(33,34)23-12-10-21(35-2)11-13-23/h10-13,15,20,22H,3-9,14,16-18H2,1-2H3,(H2,28,32). The van der Waals surface area contributed by atoms with Crippen LogP contribution in [0.25, 0.3) is 0 Å². The van der Waals surface area contributed by atoms with Crippen molar-refractivity contribution in [3.05, 3.63) is 47.3 Å². The lowest BCUT2D eigenvalue weighted by molar-refractivity contribution is 0.0835. The highest BCUT2D eigenvalue weighted by Crippen LogP contribution is 2.28. The van der Waals surface area contributed by atoms with Gasteiger partial charge in [0, 0.05) is 25.4 Å². The van der Waals surface area contributed by atoms with Gasteiger partial charge >= 0.3 is 0 Å². The number of ether oxygens (including phenoxy) is 2. The second kappa shape index (κ2) is 11.8. The van der Waals surface area contributed by atoms with Crippen LogP contribution in [0.15, 0.2) is 35.2 Å². The third-order valence-electron chi connectivity index (χ3n) is 7.53. The number of sulfonamides is 1. The minimum Gasteiger partial charge on any atom is -0.497 e. The molecule has 2 aliphatic rings. The first-order valence-electron chi connectivity index (χ1n) is 13.0. The number of benzene rings is 1. The molecule has 0 bridgehead atoms. The molecule has 37 heavy (non-hydrogen) atoms. The molecule has 0 radical (unpaired) electrons. The van der Waals surface area contributed by atoms with Gasteiger partial charge in [-0.1, -0.05) is 19.3 Å². The summed E-state index contributed by atoms with van der Waals surface area (Å²) in [4.78, 5) is 25.9. The molecule has 1 aliphatic carbocycles. The van der Waals surface area contributed by atoms with E-state index in [1.54, 1.807) is 19.1 Å². The first kappa shape index (κ1) is 27.3. The molecule has 1 aliphatic heterocycles. The fraction of sp³-hybridized carbons (Fsp3) is 0.556. The van der Waals surface area contributed by atoms with Crippen molar-refractivity contribution in [2.45, 2.75) is 69.4 Å². The van der Waals surface area contributed by atoms with Gasteiger partial charge < -0.3 is 19.8 Å². The van der Waals surface area contributed by atoms with Crippen LogP contribution >= 0.6 is 0 Å². The van der Waals surface area contributed by atoms with Crippen LogP contribution in [0, 0.1) is 12.8 Å². The quantitative estimate of drug-likeness (QED) is 0.443. The number of primary amides is 1. The van der Waals surface area contributed by atoms with E-state index in [2.05, 4.69) is 0 Å². The predicted octanol–water partition coefficient (Wildman–Crippen LogP) is 3.54. The number of ketones is 1. The topological polar surface area (TPSA) is 121 Å². The molecular formula is C27H37N3O6S. The number of methoxy groups -OCH3 is 1. The first-order valence-corrected chi connectivity index (χ1v) is 14.4. The van der Waals surface area contributed by atoms with Gasteiger partial charge in [0.05, 0.1) is 35.9 Å². The zero-order chi connectivity index (χ0) is 26.6. The number of carbonyl (C=O) groups excluding carboxylic acids is 2. The van der Waals surface area contributed by atoms with Gasteiger partial charge in [0.2, 0.25) is 10.0 Å². The number of nitrogens with zero attached hydrogens (tertiary/aromatic N) is 2. The van der Waals surface area contributed by atoms with E-state index in [1.165, 1.54) is 36.0 Å². The molecule has 10 heteroatoms. The Morgan fingerprint density at radius 3 is 2.41 bits per heavy atom. The van der Waals surface area contributed by atoms with E-state index in [9.17, 15) is 18.0 Å². The molecule has 2 fully saturated rings. The summed E-state index contributed by atoms with van der Waals surface area (Å²) in [6, 6.07) is 7.63. The lowest BCUT2D eigenvalue weighted by Gasteiger charge is -2.26. The Labute approximate surface area is 219 Å². The number of carbonyl (C=O) groups is 2. The zero-order valence-corrected chi connectivity index (χ0v) is 22.5. The van der Waals surface area contributed by atoms with E-state index in [0.29, 0.717) is 41.8 Å². The number of amides is 1. The van der Waals surface area contributed by atoms with Gasteiger partial charge in [-0.3, -0.25) is 9.59 Å². The Balaban J connectivity index is 1.65. The lowest BCUT2D eigenvalue weighted by atomic mass is 9.89. The smallest absolute Gasteiger partial charge is 0.250 e. The Morgan fingerprint density at radius 2 is 1.81 bits per heavy atom. The highest BCUT2D eigenvalue weighted by Gasteiger charge is 2.33.